The van der Waals surface area contributed by atoms with Crippen LogP contribution >= 0.6 is 0 Å². The van der Waals surface area contributed by atoms with E-state index in [1.165, 1.54) is 17.2 Å². The number of carbonyl (C=O) groups is 2. The summed E-state index contributed by atoms with van der Waals surface area (Å²) in [7, 11) is 0. The summed E-state index contributed by atoms with van der Waals surface area (Å²) in [6, 6.07) is 21.3. The minimum Gasteiger partial charge on any atom is -0.494 e. The van der Waals surface area contributed by atoms with E-state index in [9.17, 15) is 19.7 Å². The molecule has 2 heterocycles. The summed E-state index contributed by atoms with van der Waals surface area (Å²) in [5, 5.41) is 12.8. The average molecular weight is 473 g/mol. The van der Waals surface area contributed by atoms with Crippen LogP contribution in [0.5, 0.6) is 5.75 Å². The van der Waals surface area contributed by atoms with Gasteiger partial charge in [0.2, 0.25) is 5.91 Å². The highest BCUT2D eigenvalue weighted by atomic mass is 16.7. The summed E-state index contributed by atoms with van der Waals surface area (Å²) in [6.45, 7) is 2.58. The van der Waals surface area contributed by atoms with Crippen LogP contribution in [-0.4, -0.2) is 29.4 Å². The van der Waals surface area contributed by atoms with E-state index >= 15 is 0 Å². The zero-order valence-electron chi connectivity index (χ0n) is 18.9. The Balaban J connectivity index is 1.50. The number of nitrogens with zero attached hydrogens (tertiary/aromatic N) is 3. The zero-order chi connectivity index (χ0) is 24.5. The number of anilines is 2. The number of nitro groups is 1. The van der Waals surface area contributed by atoms with Gasteiger partial charge in [-0.2, -0.15) is 0 Å². The standard InChI is InChI=1S/C26H23N3O6/c1-2-15-34-21-13-11-18(12-14-21)27-25(30)22-23(17-7-4-3-5-8-17)28(35-24(22)26(27)31)19-9-6-10-20(16-19)29(32)33/h3-14,16,22-24H,2,15H2,1H3/t22-,23+,24-/m1/s1. The molecule has 3 aromatic carbocycles. The van der Waals surface area contributed by atoms with Crippen molar-refractivity contribution in [3.63, 3.8) is 0 Å². The van der Waals surface area contributed by atoms with E-state index in [0.717, 1.165) is 16.9 Å². The van der Waals surface area contributed by atoms with E-state index in [2.05, 4.69) is 0 Å². The van der Waals surface area contributed by atoms with Crippen molar-refractivity contribution in [2.24, 2.45) is 5.92 Å². The van der Waals surface area contributed by atoms with Gasteiger partial charge in [0.25, 0.3) is 11.6 Å². The number of hydrogen-bond acceptors (Lipinski definition) is 7. The van der Waals surface area contributed by atoms with Crippen molar-refractivity contribution in [2.75, 3.05) is 16.6 Å². The zero-order valence-corrected chi connectivity index (χ0v) is 18.9. The first-order chi connectivity index (χ1) is 17.0. The number of amides is 2. The third kappa shape index (κ3) is 4.00. The molecule has 0 aliphatic carbocycles. The third-order valence-corrected chi connectivity index (χ3v) is 6.12. The van der Waals surface area contributed by atoms with Gasteiger partial charge in [0, 0.05) is 12.1 Å². The molecule has 3 atom stereocenters. The minimum atomic E-state index is -1.05. The van der Waals surface area contributed by atoms with Gasteiger partial charge in [-0.25, -0.2) is 9.96 Å². The molecule has 0 aromatic heterocycles. The first-order valence-electron chi connectivity index (χ1n) is 11.4. The van der Waals surface area contributed by atoms with Crippen molar-refractivity contribution >= 4 is 28.9 Å². The van der Waals surface area contributed by atoms with Crippen molar-refractivity contribution in [3.8, 4) is 5.75 Å². The summed E-state index contributed by atoms with van der Waals surface area (Å²) in [5.41, 5.74) is 1.49. The van der Waals surface area contributed by atoms with E-state index in [4.69, 9.17) is 9.57 Å². The second-order valence-corrected chi connectivity index (χ2v) is 8.36. The number of ether oxygens (including phenoxy) is 1. The maximum atomic E-state index is 13.6. The van der Waals surface area contributed by atoms with E-state index in [0.29, 0.717) is 23.7 Å². The van der Waals surface area contributed by atoms with Gasteiger partial charge in [0.15, 0.2) is 6.10 Å². The normalized spacial score (nSPS) is 21.3. The fourth-order valence-corrected chi connectivity index (χ4v) is 4.54. The molecule has 2 saturated heterocycles. The molecule has 35 heavy (non-hydrogen) atoms. The van der Waals surface area contributed by atoms with Crippen LogP contribution < -0.4 is 14.7 Å². The molecule has 2 aliphatic rings. The van der Waals surface area contributed by atoms with Crippen molar-refractivity contribution < 1.29 is 24.1 Å². The van der Waals surface area contributed by atoms with Crippen LogP contribution in [0, 0.1) is 16.0 Å². The van der Waals surface area contributed by atoms with E-state index in [-0.39, 0.29) is 11.6 Å². The Labute approximate surface area is 201 Å². The van der Waals surface area contributed by atoms with Crippen molar-refractivity contribution in [1.29, 1.82) is 0 Å². The smallest absolute Gasteiger partial charge is 0.271 e. The predicted molar refractivity (Wildman–Crippen MR) is 128 cm³/mol. The van der Waals surface area contributed by atoms with Gasteiger partial charge in [-0.3, -0.25) is 24.5 Å². The molecule has 0 bridgehead atoms. The Kier molecular flexibility index (Phi) is 5.92. The molecule has 0 spiro atoms. The van der Waals surface area contributed by atoms with Crippen molar-refractivity contribution in [2.45, 2.75) is 25.5 Å². The maximum Gasteiger partial charge on any atom is 0.271 e. The summed E-state index contributed by atoms with van der Waals surface area (Å²) >= 11 is 0. The maximum absolute atomic E-state index is 13.6. The van der Waals surface area contributed by atoms with E-state index < -0.39 is 28.9 Å². The lowest BCUT2D eigenvalue weighted by Crippen LogP contribution is -2.37. The number of nitro benzene ring substituents is 1. The van der Waals surface area contributed by atoms with Crippen LogP contribution in [0.2, 0.25) is 0 Å². The van der Waals surface area contributed by atoms with Gasteiger partial charge in [-0.05, 0) is 42.3 Å². The molecule has 3 aromatic rings. The minimum absolute atomic E-state index is 0.111. The van der Waals surface area contributed by atoms with Crippen LogP contribution in [0.25, 0.3) is 0 Å². The molecule has 2 aliphatic heterocycles. The number of hydrogen-bond donors (Lipinski definition) is 0. The van der Waals surface area contributed by atoms with Crippen molar-refractivity contribution in [3.05, 3.63) is 94.5 Å². The fraction of sp³-hybridized carbons (Fsp3) is 0.231. The van der Waals surface area contributed by atoms with Crippen LogP contribution in [-0.2, 0) is 14.4 Å². The molecule has 2 fully saturated rings. The molecule has 0 saturated carbocycles. The average Bonchev–Trinajstić information content (AvgIpc) is 3.39. The second kappa shape index (κ2) is 9.19. The number of carbonyl (C=O) groups excluding carboxylic acids is 2. The number of rotatable bonds is 7. The quantitative estimate of drug-likeness (QED) is 0.284. The summed E-state index contributed by atoms with van der Waals surface area (Å²) in [5.74, 6) is -1.02. The van der Waals surface area contributed by atoms with Gasteiger partial charge < -0.3 is 4.74 Å². The molecule has 2 amide bonds. The summed E-state index contributed by atoms with van der Waals surface area (Å²) < 4.78 is 5.60. The predicted octanol–water partition coefficient (Wildman–Crippen LogP) is 4.43. The molecule has 9 heteroatoms. The Morgan fingerprint density at radius 1 is 0.943 bits per heavy atom. The first-order valence-corrected chi connectivity index (χ1v) is 11.4. The summed E-state index contributed by atoms with van der Waals surface area (Å²) in [6.07, 6.45) is -0.184. The molecule has 178 valence electrons. The monoisotopic (exact) mass is 473 g/mol. The first kappa shape index (κ1) is 22.5. The lowest BCUT2D eigenvalue weighted by atomic mass is 9.90. The Morgan fingerprint density at radius 2 is 1.69 bits per heavy atom. The highest BCUT2D eigenvalue weighted by Gasteiger charge is 2.60. The number of benzene rings is 3. The van der Waals surface area contributed by atoms with Crippen LogP contribution in [0.15, 0.2) is 78.9 Å². The van der Waals surface area contributed by atoms with Crippen LogP contribution in [0.4, 0.5) is 17.1 Å². The van der Waals surface area contributed by atoms with Crippen molar-refractivity contribution in [1.82, 2.24) is 0 Å². The van der Waals surface area contributed by atoms with E-state index in [1.54, 1.807) is 36.4 Å². The lowest BCUT2D eigenvalue weighted by molar-refractivity contribution is -0.384. The van der Waals surface area contributed by atoms with Gasteiger partial charge in [0.1, 0.15) is 11.7 Å². The Hall–Kier alpha value is -4.24. The van der Waals surface area contributed by atoms with Gasteiger partial charge in [-0.1, -0.05) is 43.3 Å². The lowest BCUT2D eigenvalue weighted by Gasteiger charge is -2.28. The Morgan fingerprint density at radius 3 is 2.37 bits per heavy atom. The highest BCUT2D eigenvalue weighted by Crippen LogP contribution is 2.48. The number of fused-ring (bicyclic) bond motifs is 1. The molecule has 5 rings (SSSR count). The SMILES string of the molecule is CCCOc1ccc(N2C(=O)[C@H]3[C@@H](ON(c4cccc([N+](=O)[O-])c4)[C@H]3c3ccccc3)C2=O)cc1. The second-order valence-electron chi connectivity index (χ2n) is 8.36. The third-order valence-electron chi connectivity index (χ3n) is 6.12. The molecule has 0 unspecified atom stereocenters. The van der Waals surface area contributed by atoms with Gasteiger partial charge in [0.05, 0.1) is 28.9 Å². The van der Waals surface area contributed by atoms with Gasteiger partial charge >= 0.3 is 0 Å². The molecular weight excluding hydrogens is 450 g/mol. The Bertz CT molecular complexity index is 1260. The number of imide groups is 1. The topological polar surface area (TPSA) is 102 Å². The summed E-state index contributed by atoms with van der Waals surface area (Å²) in [4.78, 5) is 45.1. The number of hydroxylamine groups is 1. The molecular formula is C26H23N3O6. The van der Waals surface area contributed by atoms with Gasteiger partial charge in [-0.15, -0.1) is 0 Å². The molecule has 9 nitrogen and oxygen atoms in total. The largest absolute Gasteiger partial charge is 0.494 e. The number of non-ortho nitro benzene ring substituents is 1. The molecule has 0 N–H and O–H groups in total. The molecule has 0 radical (unpaired) electrons. The van der Waals surface area contributed by atoms with Crippen LogP contribution in [0.1, 0.15) is 24.9 Å². The van der Waals surface area contributed by atoms with E-state index in [1.807, 2.05) is 37.3 Å². The highest BCUT2D eigenvalue weighted by molar-refractivity contribution is 6.23. The van der Waals surface area contributed by atoms with Crippen LogP contribution in [0.3, 0.4) is 0 Å². The fourth-order valence-electron chi connectivity index (χ4n) is 4.54.